The van der Waals surface area contributed by atoms with Crippen LogP contribution in [0.2, 0.25) is 4.34 Å². The van der Waals surface area contributed by atoms with E-state index in [2.05, 4.69) is 5.32 Å². The van der Waals surface area contributed by atoms with Crippen LogP contribution in [-0.2, 0) is 16.0 Å². The normalized spacial score (nSPS) is 10.1. The van der Waals surface area contributed by atoms with Gasteiger partial charge in [-0.25, -0.2) is 0 Å². The second-order valence-corrected chi connectivity index (χ2v) is 5.00. The molecule has 0 aliphatic carbocycles. The van der Waals surface area contributed by atoms with E-state index in [1.807, 2.05) is 6.07 Å². The molecule has 0 saturated heterocycles. The molecule has 1 aromatic rings. The third-order valence-electron chi connectivity index (χ3n) is 1.89. The monoisotopic (exact) mass is 261 g/mol. The van der Waals surface area contributed by atoms with Gasteiger partial charge < -0.3 is 10.4 Å². The second-order valence-electron chi connectivity index (χ2n) is 3.20. The van der Waals surface area contributed by atoms with E-state index in [1.165, 1.54) is 11.3 Å². The lowest BCUT2D eigenvalue weighted by atomic mass is 10.2. The van der Waals surface area contributed by atoms with Crippen molar-refractivity contribution < 1.29 is 14.7 Å². The number of carbonyl (C=O) groups excluding carboxylic acids is 1. The van der Waals surface area contributed by atoms with Crippen molar-refractivity contribution in [2.24, 2.45) is 0 Å². The Bertz CT molecular complexity index is 378. The minimum Gasteiger partial charge on any atom is -0.481 e. The highest BCUT2D eigenvalue weighted by molar-refractivity contribution is 7.16. The number of amides is 1. The van der Waals surface area contributed by atoms with Crippen molar-refractivity contribution >= 4 is 34.8 Å². The van der Waals surface area contributed by atoms with Crippen LogP contribution in [0.1, 0.15) is 17.7 Å². The van der Waals surface area contributed by atoms with Crippen LogP contribution in [0.4, 0.5) is 0 Å². The second kappa shape index (κ2) is 6.50. The van der Waals surface area contributed by atoms with Gasteiger partial charge in [0.2, 0.25) is 5.91 Å². The predicted octanol–water partition coefficient (Wildman–Crippen LogP) is 1.93. The van der Waals surface area contributed by atoms with E-state index >= 15 is 0 Å². The number of rotatable bonds is 6. The molecule has 0 spiro atoms. The smallest absolute Gasteiger partial charge is 0.305 e. The summed E-state index contributed by atoms with van der Waals surface area (Å²) in [5, 5.41) is 10.9. The van der Waals surface area contributed by atoms with E-state index in [4.69, 9.17) is 16.7 Å². The average Bonchev–Trinajstić information content (AvgIpc) is 2.61. The van der Waals surface area contributed by atoms with Gasteiger partial charge in [0.25, 0.3) is 0 Å². The molecular weight excluding hydrogens is 250 g/mol. The van der Waals surface area contributed by atoms with E-state index in [1.54, 1.807) is 6.07 Å². The first-order valence-electron chi connectivity index (χ1n) is 4.80. The Morgan fingerprint density at radius 2 is 2.12 bits per heavy atom. The zero-order valence-corrected chi connectivity index (χ0v) is 10.1. The largest absolute Gasteiger partial charge is 0.481 e. The van der Waals surface area contributed by atoms with E-state index in [-0.39, 0.29) is 18.9 Å². The molecule has 1 aromatic heterocycles. The Labute approximate surface area is 102 Å². The summed E-state index contributed by atoms with van der Waals surface area (Å²) in [6.07, 6.45) is 0.948. The van der Waals surface area contributed by atoms with Crippen molar-refractivity contribution in [3.8, 4) is 0 Å². The van der Waals surface area contributed by atoms with Gasteiger partial charge in [0.15, 0.2) is 0 Å². The van der Waals surface area contributed by atoms with Crippen molar-refractivity contribution in [1.82, 2.24) is 5.32 Å². The van der Waals surface area contributed by atoms with Crippen molar-refractivity contribution in [3.05, 3.63) is 21.3 Å². The Hall–Kier alpha value is -1.07. The van der Waals surface area contributed by atoms with Crippen LogP contribution < -0.4 is 5.32 Å². The van der Waals surface area contributed by atoms with Crippen LogP contribution in [0.15, 0.2) is 12.1 Å². The molecule has 88 valence electrons. The van der Waals surface area contributed by atoms with Crippen LogP contribution in [0, 0.1) is 0 Å². The third kappa shape index (κ3) is 5.14. The molecule has 0 aliphatic rings. The molecule has 0 unspecified atom stereocenters. The molecule has 1 heterocycles. The maximum absolute atomic E-state index is 11.3. The topological polar surface area (TPSA) is 66.4 Å². The Morgan fingerprint density at radius 3 is 2.69 bits per heavy atom. The molecule has 2 N–H and O–H groups in total. The van der Waals surface area contributed by atoms with E-state index in [0.717, 1.165) is 4.88 Å². The summed E-state index contributed by atoms with van der Waals surface area (Å²) in [7, 11) is 0. The van der Waals surface area contributed by atoms with Crippen molar-refractivity contribution in [1.29, 1.82) is 0 Å². The molecule has 0 aliphatic heterocycles. The zero-order valence-electron chi connectivity index (χ0n) is 8.53. The highest BCUT2D eigenvalue weighted by Crippen LogP contribution is 2.22. The van der Waals surface area contributed by atoms with Crippen molar-refractivity contribution in [2.75, 3.05) is 6.54 Å². The minimum atomic E-state index is -0.912. The first-order chi connectivity index (χ1) is 7.58. The molecule has 0 bridgehead atoms. The number of thiophene rings is 1. The first-order valence-corrected chi connectivity index (χ1v) is 6.00. The number of hydrogen-bond donors (Lipinski definition) is 2. The number of carboxylic acid groups (broad SMARTS) is 1. The number of carboxylic acids is 1. The van der Waals surface area contributed by atoms with E-state index < -0.39 is 5.97 Å². The molecule has 16 heavy (non-hydrogen) atoms. The summed E-state index contributed by atoms with van der Waals surface area (Å²) in [6.45, 7) is 0.180. The van der Waals surface area contributed by atoms with Crippen LogP contribution in [-0.4, -0.2) is 23.5 Å². The van der Waals surface area contributed by atoms with E-state index in [9.17, 15) is 9.59 Å². The Balaban J connectivity index is 2.17. The standard InChI is InChI=1S/C10H12ClNO3S/c11-8-3-1-7(16-8)2-4-9(13)12-6-5-10(14)15/h1,3H,2,4-6H2,(H,12,13)(H,14,15). The molecule has 0 saturated carbocycles. The number of nitrogens with one attached hydrogen (secondary N) is 1. The van der Waals surface area contributed by atoms with Crippen molar-refractivity contribution in [3.63, 3.8) is 0 Å². The summed E-state index contributed by atoms with van der Waals surface area (Å²) >= 11 is 7.20. The summed E-state index contributed by atoms with van der Waals surface area (Å²) in [6, 6.07) is 3.68. The average molecular weight is 262 g/mol. The molecule has 1 rings (SSSR count). The molecule has 4 nitrogen and oxygen atoms in total. The highest BCUT2D eigenvalue weighted by atomic mass is 35.5. The SMILES string of the molecule is O=C(O)CCNC(=O)CCc1ccc(Cl)s1. The van der Waals surface area contributed by atoms with Crippen LogP contribution in [0.5, 0.6) is 0 Å². The molecule has 0 fully saturated rings. The van der Waals surface area contributed by atoms with Gasteiger partial charge in [-0.2, -0.15) is 0 Å². The highest BCUT2D eigenvalue weighted by Gasteiger charge is 2.04. The fraction of sp³-hybridized carbons (Fsp3) is 0.400. The van der Waals surface area contributed by atoms with Crippen LogP contribution in [0.25, 0.3) is 0 Å². The van der Waals surface area contributed by atoms with Gasteiger partial charge >= 0.3 is 5.97 Å². The molecule has 0 radical (unpaired) electrons. The number of hydrogen-bond acceptors (Lipinski definition) is 3. The van der Waals surface area contributed by atoms with Gasteiger partial charge in [-0.3, -0.25) is 9.59 Å². The number of carbonyl (C=O) groups is 2. The van der Waals surface area contributed by atoms with Crippen molar-refractivity contribution in [2.45, 2.75) is 19.3 Å². The Morgan fingerprint density at radius 1 is 1.38 bits per heavy atom. The fourth-order valence-electron chi connectivity index (χ4n) is 1.12. The van der Waals surface area contributed by atoms with Gasteiger partial charge in [0, 0.05) is 17.8 Å². The fourth-order valence-corrected chi connectivity index (χ4v) is 2.21. The van der Waals surface area contributed by atoms with Gasteiger partial charge in [0.05, 0.1) is 10.8 Å². The lowest BCUT2D eigenvalue weighted by Crippen LogP contribution is -2.26. The van der Waals surface area contributed by atoms with Gasteiger partial charge in [-0.05, 0) is 18.6 Å². The Kier molecular flexibility index (Phi) is 5.28. The summed E-state index contributed by atoms with van der Waals surface area (Å²) < 4.78 is 0.710. The first kappa shape index (κ1) is 13.0. The number of halogens is 1. The van der Waals surface area contributed by atoms with Gasteiger partial charge in [0.1, 0.15) is 0 Å². The van der Waals surface area contributed by atoms with Gasteiger partial charge in [-0.15, -0.1) is 11.3 Å². The summed E-state index contributed by atoms with van der Waals surface area (Å²) in [5.41, 5.74) is 0. The van der Waals surface area contributed by atoms with Crippen LogP contribution >= 0.6 is 22.9 Å². The molecule has 0 atom stereocenters. The van der Waals surface area contributed by atoms with Gasteiger partial charge in [-0.1, -0.05) is 11.6 Å². The van der Waals surface area contributed by atoms with E-state index in [0.29, 0.717) is 17.2 Å². The lowest BCUT2D eigenvalue weighted by molar-refractivity contribution is -0.136. The summed E-state index contributed by atoms with van der Waals surface area (Å²) in [4.78, 5) is 22.5. The maximum Gasteiger partial charge on any atom is 0.305 e. The van der Waals surface area contributed by atoms with Crippen LogP contribution in [0.3, 0.4) is 0 Å². The lowest BCUT2D eigenvalue weighted by Gasteiger charge is -2.01. The molecular formula is C10H12ClNO3S. The molecule has 1 amide bonds. The maximum atomic E-state index is 11.3. The molecule has 6 heteroatoms. The zero-order chi connectivity index (χ0) is 12.0. The predicted molar refractivity (Wildman–Crippen MR) is 62.9 cm³/mol. The molecule has 0 aromatic carbocycles. The number of aliphatic carboxylic acids is 1. The summed E-state index contributed by atoms with van der Waals surface area (Å²) in [5.74, 6) is -1.05. The minimum absolute atomic E-state index is 0.0451. The third-order valence-corrected chi connectivity index (χ3v) is 3.18. The number of aryl methyl sites for hydroxylation is 1. The quantitative estimate of drug-likeness (QED) is 0.822.